The highest BCUT2D eigenvalue weighted by atomic mass is 79.9. The van der Waals surface area contributed by atoms with Crippen molar-refractivity contribution >= 4 is 27.5 Å². The summed E-state index contributed by atoms with van der Waals surface area (Å²) in [7, 11) is 0. The molecule has 4 heteroatoms. The number of halogens is 2. The summed E-state index contributed by atoms with van der Waals surface area (Å²) >= 11 is 9.60. The molecule has 21 heavy (non-hydrogen) atoms. The van der Waals surface area contributed by atoms with E-state index in [9.17, 15) is 0 Å². The smallest absolute Gasteiger partial charge is 0.146 e. The molecule has 112 valence electrons. The van der Waals surface area contributed by atoms with Gasteiger partial charge in [0.2, 0.25) is 0 Å². The van der Waals surface area contributed by atoms with Crippen LogP contribution in [0.15, 0.2) is 46.9 Å². The lowest BCUT2D eigenvalue weighted by atomic mass is 10.1. The molecule has 0 aliphatic carbocycles. The first-order valence-electron chi connectivity index (χ1n) is 6.81. The normalized spacial score (nSPS) is 11.5. The molecule has 2 aromatic carbocycles. The van der Waals surface area contributed by atoms with Crippen LogP contribution in [0, 0.1) is 0 Å². The Labute approximate surface area is 139 Å². The standard InChI is InChI=1S/C17H19BrClNO/c1-17(2,3)20-11-12-6-4-5-7-15(12)21-16-9-8-13(18)10-14(16)19/h4-10,20H,11H2,1-3H3. The van der Waals surface area contributed by atoms with Crippen LogP contribution in [0.4, 0.5) is 0 Å². The van der Waals surface area contributed by atoms with Gasteiger partial charge < -0.3 is 10.1 Å². The summed E-state index contributed by atoms with van der Waals surface area (Å²) in [4.78, 5) is 0. The molecule has 0 aliphatic heterocycles. The fraction of sp³-hybridized carbons (Fsp3) is 0.294. The van der Waals surface area contributed by atoms with Crippen molar-refractivity contribution in [3.63, 3.8) is 0 Å². The second kappa shape index (κ2) is 6.82. The van der Waals surface area contributed by atoms with Gasteiger partial charge in [-0.3, -0.25) is 0 Å². The minimum Gasteiger partial charge on any atom is -0.455 e. The van der Waals surface area contributed by atoms with Crippen LogP contribution < -0.4 is 10.1 Å². The summed E-state index contributed by atoms with van der Waals surface area (Å²) < 4.78 is 6.90. The minimum absolute atomic E-state index is 0.0579. The van der Waals surface area contributed by atoms with E-state index in [-0.39, 0.29) is 5.54 Å². The SMILES string of the molecule is CC(C)(C)NCc1ccccc1Oc1ccc(Br)cc1Cl. The summed E-state index contributed by atoms with van der Waals surface area (Å²) in [6.45, 7) is 7.17. The highest BCUT2D eigenvalue weighted by Gasteiger charge is 2.12. The molecular formula is C17H19BrClNO. The Bertz CT molecular complexity index is 622. The maximum absolute atomic E-state index is 6.21. The van der Waals surface area contributed by atoms with Crippen LogP contribution in [0.25, 0.3) is 0 Å². The average Bonchev–Trinajstić information content (AvgIpc) is 2.40. The monoisotopic (exact) mass is 367 g/mol. The van der Waals surface area contributed by atoms with E-state index in [0.29, 0.717) is 10.8 Å². The first-order chi connectivity index (χ1) is 9.85. The third-order valence-electron chi connectivity index (χ3n) is 2.90. The summed E-state index contributed by atoms with van der Waals surface area (Å²) in [6.07, 6.45) is 0. The van der Waals surface area contributed by atoms with Gasteiger partial charge >= 0.3 is 0 Å². The van der Waals surface area contributed by atoms with E-state index in [0.717, 1.165) is 22.3 Å². The molecule has 0 amide bonds. The van der Waals surface area contributed by atoms with E-state index in [2.05, 4.69) is 48.1 Å². The van der Waals surface area contributed by atoms with Crippen LogP contribution in [-0.4, -0.2) is 5.54 Å². The summed E-state index contributed by atoms with van der Waals surface area (Å²) in [5, 5.41) is 4.05. The zero-order chi connectivity index (χ0) is 15.5. The van der Waals surface area contributed by atoms with Crippen molar-refractivity contribution in [3.8, 4) is 11.5 Å². The zero-order valence-electron chi connectivity index (χ0n) is 12.4. The largest absolute Gasteiger partial charge is 0.455 e. The lowest BCUT2D eigenvalue weighted by Crippen LogP contribution is -2.35. The van der Waals surface area contributed by atoms with Crippen LogP contribution in [0.2, 0.25) is 5.02 Å². The van der Waals surface area contributed by atoms with Crippen LogP contribution in [-0.2, 0) is 6.54 Å². The number of ether oxygens (including phenoxy) is 1. The Morgan fingerprint density at radius 2 is 1.81 bits per heavy atom. The molecule has 0 spiro atoms. The summed E-state index contributed by atoms with van der Waals surface area (Å²) in [5.41, 5.74) is 1.16. The second-order valence-electron chi connectivity index (χ2n) is 5.89. The van der Waals surface area contributed by atoms with Crippen LogP contribution in [0.3, 0.4) is 0 Å². The Kier molecular flexibility index (Phi) is 5.31. The topological polar surface area (TPSA) is 21.3 Å². The third-order valence-corrected chi connectivity index (χ3v) is 3.68. The predicted octanol–water partition coefficient (Wildman–Crippen LogP) is 5.78. The van der Waals surface area contributed by atoms with Crippen LogP contribution in [0.1, 0.15) is 26.3 Å². The Morgan fingerprint density at radius 3 is 2.48 bits per heavy atom. The molecule has 0 heterocycles. The van der Waals surface area contributed by atoms with E-state index in [4.69, 9.17) is 16.3 Å². The molecule has 0 aromatic heterocycles. The second-order valence-corrected chi connectivity index (χ2v) is 7.21. The van der Waals surface area contributed by atoms with E-state index in [1.54, 1.807) is 0 Å². The molecule has 0 fully saturated rings. The van der Waals surface area contributed by atoms with Gasteiger partial charge in [0.15, 0.2) is 0 Å². The number of hydrogen-bond donors (Lipinski definition) is 1. The molecule has 0 saturated carbocycles. The van der Waals surface area contributed by atoms with Gasteiger partial charge in [-0.25, -0.2) is 0 Å². The van der Waals surface area contributed by atoms with Gasteiger partial charge in [-0.15, -0.1) is 0 Å². The summed E-state index contributed by atoms with van der Waals surface area (Å²) in [5.74, 6) is 1.47. The molecule has 0 atom stereocenters. The lowest BCUT2D eigenvalue weighted by Gasteiger charge is -2.21. The molecule has 0 aliphatic rings. The van der Waals surface area contributed by atoms with Crippen LogP contribution in [0.5, 0.6) is 11.5 Å². The molecule has 2 rings (SSSR count). The molecule has 0 unspecified atom stereocenters. The van der Waals surface area contributed by atoms with Crippen molar-refractivity contribution < 1.29 is 4.74 Å². The van der Waals surface area contributed by atoms with Crippen molar-refractivity contribution in [1.29, 1.82) is 0 Å². The number of benzene rings is 2. The predicted molar refractivity (Wildman–Crippen MR) is 92.3 cm³/mol. The third kappa shape index (κ3) is 5.03. The zero-order valence-corrected chi connectivity index (χ0v) is 14.8. The molecular weight excluding hydrogens is 350 g/mol. The van der Waals surface area contributed by atoms with Gasteiger partial charge in [-0.1, -0.05) is 45.7 Å². The lowest BCUT2D eigenvalue weighted by molar-refractivity contribution is 0.414. The maximum atomic E-state index is 6.21. The summed E-state index contributed by atoms with van der Waals surface area (Å²) in [6, 6.07) is 13.6. The molecule has 0 bridgehead atoms. The minimum atomic E-state index is 0.0579. The Balaban J connectivity index is 2.20. The Hall–Kier alpha value is -1.03. The molecule has 1 N–H and O–H groups in total. The molecule has 0 saturated heterocycles. The van der Waals surface area contributed by atoms with Crippen molar-refractivity contribution in [1.82, 2.24) is 5.32 Å². The number of nitrogens with one attached hydrogen (secondary N) is 1. The van der Waals surface area contributed by atoms with E-state index in [1.807, 2.05) is 36.4 Å². The van der Waals surface area contributed by atoms with E-state index in [1.165, 1.54) is 0 Å². The average molecular weight is 369 g/mol. The molecule has 2 nitrogen and oxygen atoms in total. The van der Waals surface area contributed by atoms with Crippen molar-refractivity contribution in [2.24, 2.45) is 0 Å². The van der Waals surface area contributed by atoms with Gasteiger partial charge in [0.05, 0.1) is 5.02 Å². The maximum Gasteiger partial charge on any atom is 0.146 e. The van der Waals surface area contributed by atoms with Gasteiger partial charge in [0.1, 0.15) is 11.5 Å². The first-order valence-corrected chi connectivity index (χ1v) is 7.98. The highest BCUT2D eigenvalue weighted by Crippen LogP contribution is 2.33. The van der Waals surface area contributed by atoms with E-state index >= 15 is 0 Å². The number of hydrogen-bond acceptors (Lipinski definition) is 2. The van der Waals surface area contributed by atoms with E-state index < -0.39 is 0 Å². The highest BCUT2D eigenvalue weighted by molar-refractivity contribution is 9.10. The molecule has 2 aromatic rings. The number of rotatable bonds is 4. The van der Waals surface area contributed by atoms with Crippen molar-refractivity contribution in [2.75, 3.05) is 0 Å². The van der Waals surface area contributed by atoms with Crippen LogP contribution >= 0.6 is 27.5 Å². The van der Waals surface area contributed by atoms with Gasteiger partial charge in [0, 0.05) is 22.1 Å². The first kappa shape index (κ1) is 16.3. The van der Waals surface area contributed by atoms with Crippen molar-refractivity contribution in [2.45, 2.75) is 32.9 Å². The Morgan fingerprint density at radius 1 is 1.10 bits per heavy atom. The molecule has 0 radical (unpaired) electrons. The number of para-hydroxylation sites is 1. The van der Waals surface area contributed by atoms with Gasteiger partial charge in [0.25, 0.3) is 0 Å². The van der Waals surface area contributed by atoms with Crippen molar-refractivity contribution in [3.05, 3.63) is 57.5 Å². The quantitative estimate of drug-likeness (QED) is 0.738. The fourth-order valence-corrected chi connectivity index (χ4v) is 2.50. The van der Waals surface area contributed by atoms with Gasteiger partial charge in [-0.2, -0.15) is 0 Å². The fourth-order valence-electron chi connectivity index (χ4n) is 1.79. The van der Waals surface area contributed by atoms with Gasteiger partial charge in [-0.05, 0) is 45.0 Å².